The molecule has 1 saturated carbocycles. The molecule has 1 aliphatic carbocycles. The standard InChI is InChI=1S/C37H44FN3O4/c1-4-15-41(36(44)30-19-26(3)18-29(23-30)35(39)43)16-6-7-17-45-34-22-28(21-32(38)24-34)11-12-33(42)25-40-37(13-14-37)31-10-8-9-27(5-2)20-31/h2,8-10,18-24,33,40,42H,4,6-7,11-17,25H2,1,3H3,(H2,39,43)/t33-/m0/s1. The molecular formula is C37H44FN3O4. The van der Waals surface area contributed by atoms with Crippen LogP contribution in [0.4, 0.5) is 4.39 Å². The quantitative estimate of drug-likeness (QED) is 0.138. The first kappa shape index (κ1) is 33.7. The average molecular weight is 614 g/mol. The van der Waals surface area contributed by atoms with Crippen LogP contribution in [0.25, 0.3) is 0 Å². The summed E-state index contributed by atoms with van der Waals surface area (Å²) in [5.41, 5.74) is 9.62. The molecule has 0 spiro atoms. The normalized spacial score (nSPS) is 13.9. The lowest BCUT2D eigenvalue weighted by molar-refractivity contribution is 0.0750. The van der Waals surface area contributed by atoms with E-state index in [2.05, 4.69) is 17.3 Å². The molecule has 4 rings (SSSR count). The molecule has 1 fully saturated rings. The first-order valence-corrected chi connectivity index (χ1v) is 15.8. The minimum absolute atomic E-state index is 0.135. The SMILES string of the molecule is C#Cc1cccc(C2(NC[C@@H](O)CCc3cc(F)cc(OCCCCN(CCC)C(=O)c4cc(C)cc(C(N)=O)c4)c3)CC2)c1. The number of carbonyl (C=O) groups excluding carboxylic acids is 2. The van der Waals surface area contributed by atoms with E-state index in [1.54, 1.807) is 23.1 Å². The molecule has 45 heavy (non-hydrogen) atoms. The van der Waals surface area contributed by atoms with Crippen LogP contribution in [-0.4, -0.2) is 54.2 Å². The number of benzene rings is 3. The summed E-state index contributed by atoms with van der Waals surface area (Å²) in [5, 5.41) is 14.2. The molecule has 2 amide bonds. The molecule has 4 N–H and O–H groups in total. The van der Waals surface area contributed by atoms with E-state index in [1.807, 2.05) is 38.1 Å². The molecule has 0 aliphatic heterocycles. The number of hydrogen-bond acceptors (Lipinski definition) is 5. The van der Waals surface area contributed by atoms with E-state index in [4.69, 9.17) is 16.9 Å². The smallest absolute Gasteiger partial charge is 0.253 e. The van der Waals surface area contributed by atoms with E-state index < -0.39 is 12.0 Å². The van der Waals surface area contributed by atoms with Crippen molar-refractivity contribution in [1.29, 1.82) is 0 Å². The van der Waals surface area contributed by atoms with Gasteiger partial charge in [0.05, 0.1) is 12.7 Å². The predicted octanol–water partition coefficient (Wildman–Crippen LogP) is 5.50. The maximum atomic E-state index is 14.4. The van der Waals surface area contributed by atoms with Gasteiger partial charge in [-0.25, -0.2) is 4.39 Å². The Morgan fingerprint density at radius 3 is 2.60 bits per heavy atom. The summed E-state index contributed by atoms with van der Waals surface area (Å²) >= 11 is 0. The summed E-state index contributed by atoms with van der Waals surface area (Å²) in [4.78, 5) is 26.6. The first-order chi connectivity index (χ1) is 21.6. The van der Waals surface area contributed by atoms with E-state index in [9.17, 15) is 19.1 Å². The second kappa shape index (κ2) is 15.7. The third-order valence-corrected chi connectivity index (χ3v) is 8.19. The van der Waals surface area contributed by atoms with Crippen molar-refractivity contribution >= 4 is 11.8 Å². The fourth-order valence-corrected chi connectivity index (χ4v) is 5.61. The Morgan fingerprint density at radius 1 is 1.11 bits per heavy atom. The Balaban J connectivity index is 1.22. The van der Waals surface area contributed by atoms with Crippen molar-refractivity contribution < 1.29 is 23.8 Å². The van der Waals surface area contributed by atoms with Gasteiger partial charge in [-0.05, 0) is 111 Å². The van der Waals surface area contributed by atoms with Gasteiger partial charge >= 0.3 is 0 Å². The summed E-state index contributed by atoms with van der Waals surface area (Å²) in [7, 11) is 0. The number of primary amides is 1. The van der Waals surface area contributed by atoms with Crippen molar-refractivity contribution in [2.24, 2.45) is 5.73 Å². The van der Waals surface area contributed by atoms with Crippen LogP contribution in [-0.2, 0) is 12.0 Å². The maximum absolute atomic E-state index is 14.4. The van der Waals surface area contributed by atoms with Gasteiger partial charge in [0.1, 0.15) is 11.6 Å². The minimum Gasteiger partial charge on any atom is -0.493 e. The highest BCUT2D eigenvalue weighted by Gasteiger charge is 2.44. The summed E-state index contributed by atoms with van der Waals surface area (Å²) in [5.74, 6) is 2.04. The molecule has 0 unspecified atom stereocenters. The van der Waals surface area contributed by atoms with Crippen molar-refractivity contribution in [3.05, 3.63) is 99.9 Å². The number of terminal acetylenes is 1. The third-order valence-electron chi connectivity index (χ3n) is 8.19. The number of unbranched alkanes of at least 4 members (excludes halogenated alkanes) is 1. The highest BCUT2D eigenvalue weighted by atomic mass is 19.1. The first-order valence-electron chi connectivity index (χ1n) is 15.8. The molecule has 0 heterocycles. The monoisotopic (exact) mass is 613 g/mol. The lowest BCUT2D eigenvalue weighted by Crippen LogP contribution is -2.36. The van der Waals surface area contributed by atoms with Gasteiger partial charge in [0.15, 0.2) is 0 Å². The van der Waals surface area contributed by atoms with Crippen LogP contribution in [0.1, 0.15) is 88.4 Å². The number of rotatable bonds is 17. The lowest BCUT2D eigenvalue weighted by Gasteiger charge is -2.23. The van der Waals surface area contributed by atoms with E-state index in [-0.39, 0.29) is 17.3 Å². The number of ether oxygens (including phenoxy) is 1. The van der Waals surface area contributed by atoms with Crippen LogP contribution >= 0.6 is 0 Å². The average Bonchev–Trinajstić information content (AvgIpc) is 3.82. The number of nitrogens with one attached hydrogen (secondary N) is 1. The summed E-state index contributed by atoms with van der Waals surface area (Å²) in [6, 6.07) is 17.6. The zero-order valence-corrected chi connectivity index (χ0v) is 26.3. The van der Waals surface area contributed by atoms with Gasteiger partial charge < -0.3 is 25.8 Å². The Bertz CT molecular complexity index is 1530. The molecule has 0 saturated heterocycles. The number of nitrogens with zero attached hydrogens (tertiary/aromatic N) is 1. The number of aliphatic hydroxyl groups excluding tert-OH is 1. The second-order valence-electron chi connectivity index (χ2n) is 12.0. The van der Waals surface area contributed by atoms with Gasteiger partial charge in [-0.2, -0.15) is 0 Å². The Labute approximate surface area is 266 Å². The third kappa shape index (κ3) is 9.65. The van der Waals surface area contributed by atoms with Gasteiger partial charge in [0.25, 0.3) is 5.91 Å². The summed E-state index contributed by atoms with van der Waals surface area (Å²) < 4.78 is 20.3. The summed E-state index contributed by atoms with van der Waals surface area (Å²) in [6.45, 7) is 5.78. The molecule has 8 heteroatoms. The van der Waals surface area contributed by atoms with E-state index in [1.165, 1.54) is 12.1 Å². The summed E-state index contributed by atoms with van der Waals surface area (Å²) in [6.07, 6.45) is 10.1. The predicted molar refractivity (Wildman–Crippen MR) is 175 cm³/mol. The number of halogens is 1. The van der Waals surface area contributed by atoms with Crippen LogP contribution in [0, 0.1) is 25.1 Å². The van der Waals surface area contributed by atoms with Crippen molar-refractivity contribution in [2.75, 3.05) is 26.2 Å². The topological polar surface area (TPSA) is 105 Å². The Morgan fingerprint density at radius 2 is 1.89 bits per heavy atom. The molecule has 0 radical (unpaired) electrons. The maximum Gasteiger partial charge on any atom is 0.253 e. The number of aryl methyl sites for hydroxylation is 2. The second-order valence-corrected chi connectivity index (χ2v) is 12.0. The van der Waals surface area contributed by atoms with Gasteiger partial charge in [-0.1, -0.05) is 25.0 Å². The molecule has 3 aromatic rings. The molecule has 238 valence electrons. The molecule has 0 bridgehead atoms. The molecule has 0 aromatic heterocycles. The molecular weight excluding hydrogens is 569 g/mol. The number of hydrogen-bond donors (Lipinski definition) is 3. The van der Waals surface area contributed by atoms with Crippen molar-refractivity contribution in [2.45, 2.75) is 70.4 Å². The zero-order valence-electron chi connectivity index (χ0n) is 26.3. The largest absolute Gasteiger partial charge is 0.493 e. The van der Waals surface area contributed by atoms with Crippen molar-refractivity contribution in [1.82, 2.24) is 10.2 Å². The van der Waals surface area contributed by atoms with Crippen LogP contribution < -0.4 is 15.8 Å². The van der Waals surface area contributed by atoms with Gasteiger partial charge in [0.2, 0.25) is 5.91 Å². The number of nitrogens with two attached hydrogens (primary N) is 1. The van der Waals surface area contributed by atoms with E-state index >= 15 is 0 Å². The molecule has 3 aromatic carbocycles. The molecule has 7 nitrogen and oxygen atoms in total. The van der Waals surface area contributed by atoms with Crippen molar-refractivity contribution in [3.8, 4) is 18.1 Å². The Kier molecular flexibility index (Phi) is 11.8. The highest BCUT2D eigenvalue weighted by molar-refractivity contribution is 5.99. The minimum atomic E-state index is -0.582. The van der Waals surface area contributed by atoms with Crippen LogP contribution in [0.3, 0.4) is 0 Å². The van der Waals surface area contributed by atoms with E-state index in [0.717, 1.165) is 41.5 Å². The fraction of sp³-hybridized carbons (Fsp3) is 0.405. The lowest BCUT2D eigenvalue weighted by atomic mass is 10.0. The number of carbonyl (C=O) groups is 2. The van der Waals surface area contributed by atoms with Crippen LogP contribution in [0.15, 0.2) is 60.7 Å². The molecule has 1 atom stereocenters. The number of aliphatic hydroxyl groups is 1. The zero-order chi connectivity index (χ0) is 32.4. The molecule has 1 aliphatic rings. The Hall–Kier alpha value is -4.19. The highest BCUT2D eigenvalue weighted by Crippen LogP contribution is 2.45. The van der Waals surface area contributed by atoms with Crippen LogP contribution in [0.5, 0.6) is 5.75 Å². The number of amides is 2. The van der Waals surface area contributed by atoms with Crippen molar-refractivity contribution in [3.63, 3.8) is 0 Å². The van der Waals surface area contributed by atoms with Crippen LogP contribution in [0.2, 0.25) is 0 Å². The fourth-order valence-electron chi connectivity index (χ4n) is 5.61. The van der Waals surface area contributed by atoms with E-state index in [0.29, 0.717) is 68.8 Å². The van der Waals surface area contributed by atoms with Gasteiger partial charge in [0, 0.05) is 47.9 Å². The van der Waals surface area contributed by atoms with Gasteiger partial charge in [-0.3, -0.25) is 9.59 Å². The van der Waals surface area contributed by atoms with Gasteiger partial charge in [-0.15, -0.1) is 6.42 Å².